The Balaban J connectivity index is 1.65. The number of H-pyrrole nitrogens is 1. The van der Waals surface area contributed by atoms with E-state index in [1.807, 2.05) is 4.57 Å². The number of halogens is 2. The minimum Gasteiger partial charge on any atom is -0.421 e. The van der Waals surface area contributed by atoms with Crippen LogP contribution in [-0.4, -0.2) is 27.9 Å². The zero-order valence-corrected chi connectivity index (χ0v) is 19.5. The largest absolute Gasteiger partial charge is 0.421 e. The number of hydrogen-bond donors (Lipinski definition) is 2. The van der Waals surface area contributed by atoms with E-state index in [4.69, 9.17) is 11.6 Å². The highest BCUT2D eigenvalue weighted by atomic mass is 35.5. The third-order valence-electron chi connectivity index (χ3n) is 6.61. The summed E-state index contributed by atoms with van der Waals surface area (Å²) in [6.45, 7) is 0.643. The summed E-state index contributed by atoms with van der Waals surface area (Å²) in [5.74, 6) is -0.0813. The highest BCUT2D eigenvalue weighted by Gasteiger charge is 2.26. The molecule has 0 unspecified atom stereocenters. The van der Waals surface area contributed by atoms with Crippen LogP contribution in [0.15, 0.2) is 55.9 Å². The molecule has 1 fully saturated rings. The number of nitrogens with zero attached hydrogens (tertiary/aromatic N) is 2. The van der Waals surface area contributed by atoms with Crippen LogP contribution in [0.4, 0.5) is 4.39 Å². The van der Waals surface area contributed by atoms with E-state index in [0.29, 0.717) is 23.4 Å². The van der Waals surface area contributed by atoms with Gasteiger partial charge < -0.3 is 14.8 Å². The van der Waals surface area contributed by atoms with Gasteiger partial charge in [0.2, 0.25) is 9.84 Å². The van der Waals surface area contributed by atoms with Gasteiger partial charge in [0.25, 0.3) is 5.56 Å². The van der Waals surface area contributed by atoms with Crippen molar-refractivity contribution < 1.29 is 18.0 Å². The van der Waals surface area contributed by atoms with E-state index >= 15 is 0 Å². The van der Waals surface area contributed by atoms with Crippen LogP contribution in [0.2, 0.25) is 5.02 Å². The second-order valence-electron chi connectivity index (χ2n) is 8.63. The lowest BCUT2D eigenvalue weighted by atomic mass is 10.0. The molecule has 2 aromatic heterocycles. The number of aromatic nitrogens is 3. The highest BCUT2D eigenvalue weighted by molar-refractivity contribution is 7.91. The van der Waals surface area contributed by atoms with Crippen LogP contribution in [0.3, 0.4) is 0 Å². The molecule has 0 radical (unpaired) electrons. The van der Waals surface area contributed by atoms with Gasteiger partial charge in [-0.15, -0.1) is 0 Å². The molecule has 2 aromatic carbocycles. The lowest BCUT2D eigenvalue weighted by Crippen LogP contribution is -2.33. The lowest BCUT2D eigenvalue weighted by molar-refractivity contribution is 0.162. The average molecular weight is 506 g/mol. The van der Waals surface area contributed by atoms with Gasteiger partial charge in [-0.2, -0.15) is 0 Å². The van der Waals surface area contributed by atoms with Gasteiger partial charge in [-0.3, -0.25) is 4.79 Å². The molecule has 2 N–H and O–H groups in total. The number of rotatable bonds is 5. The van der Waals surface area contributed by atoms with Crippen LogP contribution in [-0.2, 0) is 16.4 Å². The van der Waals surface area contributed by atoms with E-state index in [-0.39, 0.29) is 25.6 Å². The Morgan fingerprint density at radius 1 is 1.15 bits per heavy atom. The van der Waals surface area contributed by atoms with Gasteiger partial charge in [-0.1, -0.05) is 42.0 Å². The fourth-order valence-corrected chi connectivity index (χ4v) is 6.48. The number of aryl methyl sites for hydroxylation is 1. The molecule has 4 aromatic rings. The van der Waals surface area contributed by atoms with Gasteiger partial charge >= 0.3 is 5.69 Å². The van der Waals surface area contributed by atoms with E-state index in [0.717, 1.165) is 18.6 Å². The topological polar surface area (TPSA) is 114 Å². The van der Waals surface area contributed by atoms with E-state index in [9.17, 15) is 27.6 Å². The maximum Gasteiger partial charge on any atom is 0.362 e. The minimum absolute atomic E-state index is 0.152. The molecular formula is C23H21ClFN3O5S. The molecule has 0 amide bonds. The molecule has 8 nitrogen and oxygen atoms in total. The van der Waals surface area contributed by atoms with Crippen LogP contribution >= 0.6 is 11.6 Å². The number of nitrogens with one attached hydrogen (secondary N) is 1. The van der Waals surface area contributed by atoms with E-state index in [1.54, 1.807) is 12.3 Å². The molecule has 1 saturated carbocycles. The van der Waals surface area contributed by atoms with Gasteiger partial charge in [0.1, 0.15) is 5.82 Å². The Labute approximate surface area is 198 Å². The fourth-order valence-electron chi connectivity index (χ4n) is 4.80. The molecule has 0 atom stereocenters. The smallest absolute Gasteiger partial charge is 0.362 e. The van der Waals surface area contributed by atoms with Crippen molar-refractivity contribution in [3.8, 4) is 0 Å². The number of hydrogen-bond acceptors (Lipinski definition) is 5. The molecule has 11 heteroatoms. The first-order valence-electron chi connectivity index (χ1n) is 10.9. The Kier molecular flexibility index (Phi) is 5.52. The predicted octanol–water partition coefficient (Wildman–Crippen LogP) is 4.09. The molecule has 2 heterocycles. The molecule has 0 bridgehead atoms. The molecule has 1 aliphatic rings. The van der Waals surface area contributed by atoms with Crippen molar-refractivity contribution in [2.75, 3.05) is 0 Å². The van der Waals surface area contributed by atoms with Gasteiger partial charge in [0, 0.05) is 18.1 Å². The van der Waals surface area contributed by atoms with Crippen LogP contribution in [0.5, 0.6) is 0 Å². The summed E-state index contributed by atoms with van der Waals surface area (Å²) in [6.07, 6.45) is 7.45. The first-order chi connectivity index (χ1) is 16.2. The Hall–Kier alpha value is -3.11. The Morgan fingerprint density at radius 2 is 1.88 bits per heavy atom. The van der Waals surface area contributed by atoms with Crippen molar-refractivity contribution in [3.05, 3.63) is 68.2 Å². The average Bonchev–Trinajstić information content (AvgIpc) is 3.46. The maximum atomic E-state index is 15.0. The van der Waals surface area contributed by atoms with E-state index in [1.165, 1.54) is 37.8 Å². The van der Waals surface area contributed by atoms with Crippen molar-refractivity contribution in [1.82, 2.24) is 14.3 Å². The summed E-state index contributed by atoms with van der Waals surface area (Å²) in [5, 5.41) is 9.42. The van der Waals surface area contributed by atoms with Gasteiger partial charge in [0.05, 0.1) is 31.2 Å². The molecule has 0 spiro atoms. The third kappa shape index (κ3) is 3.61. The normalized spacial score (nSPS) is 15.0. The van der Waals surface area contributed by atoms with Crippen molar-refractivity contribution >= 4 is 43.2 Å². The Bertz CT molecular complexity index is 1670. The third-order valence-corrected chi connectivity index (χ3v) is 8.70. The van der Waals surface area contributed by atoms with E-state index in [2.05, 4.69) is 4.98 Å². The second-order valence-corrected chi connectivity index (χ2v) is 11.0. The van der Waals surface area contributed by atoms with Crippen LogP contribution in [0, 0.1) is 11.7 Å². The first kappa shape index (κ1) is 22.7. The van der Waals surface area contributed by atoms with Crippen LogP contribution in [0.25, 0.3) is 21.8 Å². The zero-order valence-electron chi connectivity index (χ0n) is 17.9. The summed E-state index contributed by atoms with van der Waals surface area (Å²) in [4.78, 5) is 25.8. The summed E-state index contributed by atoms with van der Waals surface area (Å²) >= 11 is 6.05. The molecule has 5 rings (SSSR count). The number of benzene rings is 2. The maximum absolute atomic E-state index is 15.0. The van der Waals surface area contributed by atoms with Crippen LogP contribution in [0.1, 0.15) is 32.1 Å². The van der Waals surface area contributed by atoms with Crippen LogP contribution < -0.4 is 11.2 Å². The van der Waals surface area contributed by atoms with Crippen molar-refractivity contribution in [3.63, 3.8) is 0 Å². The number of fused-ring (bicyclic) bond motifs is 2. The van der Waals surface area contributed by atoms with Gasteiger partial charge in [-0.25, -0.2) is 17.6 Å². The van der Waals surface area contributed by atoms with Crippen molar-refractivity contribution in [2.24, 2.45) is 5.92 Å². The highest BCUT2D eigenvalue weighted by Crippen LogP contribution is 2.33. The number of sulfone groups is 1. The number of aromatic amines is 1. The SMILES string of the molecule is O=c1[nH]c2c(S(=O)(=O)c3cc(F)c4ccn(CCC5CCCC5)c4c3)ccc(Cl)c2c(=O)n1O. The summed E-state index contributed by atoms with van der Waals surface area (Å²) in [7, 11) is -4.38. The molecule has 1 aliphatic carbocycles. The van der Waals surface area contributed by atoms with Gasteiger partial charge in [-0.05, 0) is 42.7 Å². The molecular weight excluding hydrogens is 485 g/mol. The summed E-state index contributed by atoms with van der Waals surface area (Å²) in [5.41, 5.74) is -2.30. The second kappa shape index (κ2) is 8.28. The van der Waals surface area contributed by atoms with Gasteiger partial charge in [0.15, 0.2) is 0 Å². The molecule has 34 heavy (non-hydrogen) atoms. The quantitative estimate of drug-likeness (QED) is 0.396. The standard InChI is InChI=1S/C23H21ClFN3O5S/c24-16-5-6-19(21-20(16)22(29)28(31)23(30)26-21)34(32,33)14-11-17(25)15-8-10-27(18(15)12-14)9-7-13-3-1-2-4-13/h5-6,8,10-13,31H,1-4,7,9H2,(H,26,30). The van der Waals surface area contributed by atoms with E-state index < -0.39 is 31.8 Å². The predicted molar refractivity (Wildman–Crippen MR) is 125 cm³/mol. The minimum atomic E-state index is -4.38. The Morgan fingerprint density at radius 3 is 2.62 bits per heavy atom. The monoisotopic (exact) mass is 505 g/mol. The lowest BCUT2D eigenvalue weighted by Gasteiger charge is -2.13. The zero-order chi connectivity index (χ0) is 24.2. The van der Waals surface area contributed by atoms with Crippen molar-refractivity contribution in [2.45, 2.75) is 48.4 Å². The molecule has 0 saturated heterocycles. The molecule has 0 aliphatic heterocycles. The fraction of sp³-hybridized carbons (Fsp3) is 0.304. The van der Waals surface area contributed by atoms with Crippen molar-refractivity contribution in [1.29, 1.82) is 0 Å². The summed E-state index contributed by atoms with van der Waals surface area (Å²) in [6, 6.07) is 6.25. The summed E-state index contributed by atoms with van der Waals surface area (Å²) < 4.78 is 43.7. The molecule has 178 valence electrons. The first-order valence-corrected chi connectivity index (χ1v) is 12.7.